The van der Waals surface area contributed by atoms with Gasteiger partial charge in [-0.05, 0) is 18.7 Å². The summed E-state index contributed by atoms with van der Waals surface area (Å²) in [5.74, 6) is -1.17. The van der Waals surface area contributed by atoms with Gasteiger partial charge in [0, 0.05) is 6.08 Å². The van der Waals surface area contributed by atoms with E-state index in [0.29, 0.717) is 11.8 Å². The van der Waals surface area contributed by atoms with Crippen LogP contribution in [0.1, 0.15) is 6.92 Å². The van der Waals surface area contributed by atoms with Crippen molar-refractivity contribution in [3.05, 3.63) is 11.0 Å². The summed E-state index contributed by atoms with van der Waals surface area (Å²) in [5, 5.41) is 1.55. The van der Waals surface area contributed by atoms with Gasteiger partial charge in [0.25, 0.3) is 11.1 Å². The Morgan fingerprint density at radius 2 is 2.31 bits per heavy atom. The Hall–Kier alpha value is -1.30. The Bertz CT molecular complexity index is 297. The molecule has 0 aromatic carbocycles. The molecule has 1 rings (SSSR count). The molecule has 0 bridgehead atoms. The fraction of sp³-hybridized carbons (Fsp3) is 0.286. The minimum absolute atomic E-state index is 0.0726. The van der Waals surface area contributed by atoms with Crippen LogP contribution in [0.25, 0.3) is 0 Å². The lowest BCUT2D eigenvalue weighted by atomic mass is 10.4. The van der Waals surface area contributed by atoms with Gasteiger partial charge < -0.3 is 4.74 Å². The van der Waals surface area contributed by atoms with E-state index in [1.807, 2.05) is 5.32 Å². The largest absolute Gasteiger partial charge is 0.463 e. The van der Waals surface area contributed by atoms with Gasteiger partial charge in [-0.15, -0.1) is 0 Å². The maximum atomic E-state index is 10.9. The lowest BCUT2D eigenvalue weighted by Crippen LogP contribution is -2.18. The molecular weight excluding hydrogens is 194 g/mol. The SMILES string of the molecule is CCOC(=O)/C=C1\SC(=O)NC1=O. The van der Waals surface area contributed by atoms with E-state index in [-0.39, 0.29) is 11.5 Å². The topological polar surface area (TPSA) is 72.5 Å². The van der Waals surface area contributed by atoms with Crippen LogP contribution in [-0.4, -0.2) is 23.7 Å². The first kappa shape index (κ1) is 9.79. The van der Waals surface area contributed by atoms with Crippen molar-refractivity contribution in [2.24, 2.45) is 0 Å². The van der Waals surface area contributed by atoms with Crippen molar-refractivity contribution in [1.29, 1.82) is 0 Å². The highest BCUT2D eigenvalue weighted by molar-refractivity contribution is 8.18. The molecule has 1 saturated heterocycles. The second kappa shape index (κ2) is 4.08. The van der Waals surface area contributed by atoms with Crippen molar-refractivity contribution in [3.63, 3.8) is 0 Å². The van der Waals surface area contributed by atoms with Crippen molar-refractivity contribution < 1.29 is 19.1 Å². The molecule has 1 aliphatic rings. The van der Waals surface area contributed by atoms with Crippen LogP contribution in [0.3, 0.4) is 0 Å². The summed E-state index contributed by atoms with van der Waals surface area (Å²) in [6.07, 6.45) is 1.01. The van der Waals surface area contributed by atoms with Crippen LogP contribution in [0, 0.1) is 0 Å². The lowest BCUT2D eigenvalue weighted by Gasteiger charge is -1.94. The molecule has 70 valence electrons. The van der Waals surface area contributed by atoms with Gasteiger partial charge in [0.2, 0.25) is 0 Å². The van der Waals surface area contributed by atoms with E-state index >= 15 is 0 Å². The van der Waals surface area contributed by atoms with Crippen LogP contribution in [-0.2, 0) is 14.3 Å². The average molecular weight is 201 g/mol. The van der Waals surface area contributed by atoms with E-state index in [1.165, 1.54) is 0 Å². The first-order valence-electron chi connectivity index (χ1n) is 3.55. The summed E-state index contributed by atoms with van der Waals surface area (Å²) < 4.78 is 4.57. The predicted molar refractivity (Wildman–Crippen MR) is 45.8 cm³/mol. The number of amides is 2. The number of imide groups is 1. The Morgan fingerprint density at radius 3 is 2.77 bits per heavy atom. The summed E-state index contributed by atoms with van der Waals surface area (Å²) in [5.41, 5.74) is 0. The summed E-state index contributed by atoms with van der Waals surface area (Å²) in [4.78, 5) is 32.5. The number of hydrogen-bond acceptors (Lipinski definition) is 5. The van der Waals surface area contributed by atoms with E-state index in [4.69, 9.17) is 0 Å². The molecule has 2 amide bonds. The summed E-state index contributed by atoms with van der Waals surface area (Å²) >= 11 is 0.689. The third kappa shape index (κ3) is 2.59. The second-order valence-electron chi connectivity index (χ2n) is 2.10. The fourth-order valence-corrected chi connectivity index (χ4v) is 1.35. The number of carbonyl (C=O) groups excluding carboxylic acids is 3. The quantitative estimate of drug-likeness (QED) is 0.517. The molecule has 6 heteroatoms. The molecule has 0 spiro atoms. The van der Waals surface area contributed by atoms with Crippen molar-refractivity contribution in [1.82, 2.24) is 5.32 Å². The molecule has 0 aliphatic carbocycles. The van der Waals surface area contributed by atoms with Gasteiger partial charge in [-0.25, -0.2) is 4.79 Å². The molecule has 5 nitrogen and oxygen atoms in total. The van der Waals surface area contributed by atoms with Gasteiger partial charge in [-0.3, -0.25) is 14.9 Å². The molecule has 0 atom stereocenters. The summed E-state index contributed by atoms with van der Waals surface area (Å²) in [6, 6.07) is 0. The number of carbonyl (C=O) groups is 3. The van der Waals surface area contributed by atoms with Crippen LogP contribution < -0.4 is 5.32 Å². The zero-order valence-corrected chi connectivity index (χ0v) is 7.64. The molecule has 1 heterocycles. The molecule has 13 heavy (non-hydrogen) atoms. The number of nitrogens with one attached hydrogen (secondary N) is 1. The van der Waals surface area contributed by atoms with Crippen LogP contribution in [0.2, 0.25) is 0 Å². The first-order chi connectivity index (χ1) is 6.13. The molecule has 0 radical (unpaired) electrons. The normalized spacial score (nSPS) is 19.0. The third-order valence-corrected chi connectivity index (χ3v) is 1.99. The van der Waals surface area contributed by atoms with Gasteiger partial charge in [-0.1, -0.05) is 0 Å². The first-order valence-corrected chi connectivity index (χ1v) is 4.36. The molecule has 1 fully saturated rings. The third-order valence-electron chi connectivity index (χ3n) is 1.18. The molecule has 0 aromatic rings. The average Bonchev–Trinajstić information content (AvgIpc) is 2.30. The van der Waals surface area contributed by atoms with Crippen molar-refractivity contribution in [2.45, 2.75) is 6.92 Å². The highest BCUT2D eigenvalue weighted by Gasteiger charge is 2.26. The fourth-order valence-electron chi connectivity index (χ4n) is 0.712. The lowest BCUT2D eigenvalue weighted by molar-refractivity contribution is -0.137. The van der Waals surface area contributed by atoms with Gasteiger partial charge in [0.1, 0.15) is 0 Å². The monoisotopic (exact) mass is 201 g/mol. The molecule has 1 aliphatic heterocycles. The van der Waals surface area contributed by atoms with Crippen LogP contribution in [0.5, 0.6) is 0 Å². The van der Waals surface area contributed by atoms with Crippen molar-refractivity contribution >= 4 is 28.9 Å². The molecule has 1 N–H and O–H groups in total. The number of thioether (sulfide) groups is 1. The predicted octanol–water partition coefficient (Wildman–Crippen LogP) is 0.416. The number of hydrogen-bond donors (Lipinski definition) is 1. The molecule has 0 unspecified atom stereocenters. The van der Waals surface area contributed by atoms with E-state index in [1.54, 1.807) is 6.92 Å². The Kier molecular flexibility index (Phi) is 3.07. The Labute approximate surface area is 78.5 Å². The maximum absolute atomic E-state index is 10.9. The Morgan fingerprint density at radius 1 is 1.62 bits per heavy atom. The van der Waals surface area contributed by atoms with Gasteiger partial charge in [-0.2, -0.15) is 0 Å². The minimum Gasteiger partial charge on any atom is -0.463 e. The number of rotatable bonds is 2. The van der Waals surface area contributed by atoms with E-state index < -0.39 is 17.1 Å². The standard InChI is InChI=1S/C7H7NO4S/c1-2-12-5(9)3-4-6(10)8-7(11)13-4/h3H,2H2,1H3,(H,8,10,11)/b4-3-. The van der Waals surface area contributed by atoms with Gasteiger partial charge >= 0.3 is 5.97 Å². The van der Waals surface area contributed by atoms with E-state index in [2.05, 4.69) is 4.74 Å². The summed E-state index contributed by atoms with van der Waals surface area (Å²) in [6.45, 7) is 1.90. The second-order valence-corrected chi connectivity index (χ2v) is 3.12. The molecule has 0 aromatic heterocycles. The number of ether oxygens (including phenoxy) is 1. The van der Waals surface area contributed by atoms with E-state index in [9.17, 15) is 14.4 Å². The van der Waals surface area contributed by atoms with Crippen molar-refractivity contribution in [2.75, 3.05) is 6.61 Å². The number of esters is 1. The van der Waals surface area contributed by atoms with Crippen LogP contribution in [0.4, 0.5) is 4.79 Å². The smallest absolute Gasteiger partial charge is 0.332 e. The molecule has 0 saturated carbocycles. The van der Waals surface area contributed by atoms with Crippen molar-refractivity contribution in [3.8, 4) is 0 Å². The zero-order valence-electron chi connectivity index (χ0n) is 6.83. The highest BCUT2D eigenvalue weighted by atomic mass is 32.2. The van der Waals surface area contributed by atoms with E-state index in [0.717, 1.165) is 6.08 Å². The van der Waals surface area contributed by atoms with Crippen LogP contribution in [0.15, 0.2) is 11.0 Å². The maximum Gasteiger partial charge on any atom is 0.332 e. The summed E-state index contributed by atoms with van der Waals surface area (Å²) in [7, 11) is 0. The molecular formula is C7H7NO4S. The minimum atomic E-state index is -0.616. The zero-order chi connectivity index (χ0) is 9.84. The highest BCUT2D eigenvalue weighted by Crippen LogP contribution is 2.22. The van der Waals surface area contributed by atoms with Crippen LogP contribution >= 0.6 is 11.8 Å². The Balaban J connectivity index is 2.66. The van der Waals surface area contributed by atoms with Gasteiger partial charge in [0.15, 0.2) is 0 Å². The van der Waals surface area contributed by atoms with Gasteiger partial charge in [0.05, 0.1) is 11.5 Å².